The Hall–Kier alpha value is -2.40. The molecule has 2 saturated carbocycles. The van der Waals surface area contributed by atoms with Crippen molar-refractivity contribution in [3.8, 4) is 11.5 Å². The van der Waals surface area contributed by atoms with E-state index in [0.717, 1.165) is 30.0 Å². The number of fused-ring (bicyclic) bond motifs is 2. The molecule has 124 valence electrons. The van der Waals surface area contributed by atoms with Crippen LogP contribution in [0.2, 0.25) is 0 Å². The van der Waals surface area contributed by atoms with E-state index in [4.69, 9.17) is 10.5 Å². The van der Waals surface area contributed by atoms with E-state index < -0.39 is 0 Å². The van der Waals surface area contributed by atoms with Gasteiger partial charge in [0, 0.05) is 24.1 Å². The van der Waals surface area contributed by atoms with Crippen LogP contribution in [0.25, 0.3) is 0 Å². The average Bonchev–Trinajstić information content (AvgIpc) is 3.18. The summed E-state index contributed by atoms with van der Waals surface area (Å²) < 4.78 is 5.72. The molecule has 3 N–H and O–H groups in total. The number of nitrogens with zero attached hydrogens (tertiary/aromatic N) is 1. The topological polar surface area (TPSA) is 77.2 Å². The molecule has 2 fully saturated rings. The van der Waals surface area contributed by atoms with Crippen molar-refractivity contribution in [2.45, 2.75) is 25.3 Å². The third kappa shape index (κ3) is 2.87. The van der Waals surface area contributed by atoms with Gasteiger partial charge in [0.25, 0.3) is 0 Å². The number of rotatable bonds is 4. The molecule has 2 bridgehead atoms. The number of amides is 1. The van der Waals surface area contributed by atoms with E-state index in [-0.39, 0.29) is 17.9 Å². The largest absolute Gasteiger partial charge is 0.457 e. The number of aromatic nitrogens is 1. The maximum Gasteiger partial charge on any atom is 0.229 e. The van der Waals surface area contributed by atoms with Gasteiger partial charge in [0.05, 0.1) is 5.92 Å². The lowest BCUT2D eigenvalue weighted by molar-refractivity contribution is -0.121. The molecular formula is C19H21N3O2. The second kappa shape index (κ2) is 6.24. The quantitative estimate of drug-likeness (QED) is 0.906. The molecule has 0 radical (unpaired) electrons. The van der Waals surface area contributed by atoms with Crippen molar-refractivity contribution < 1.29 is 9.53 Å². The molecule has 1 aromatic heterocycles. The van der Waals surface area contributed by atoms with Gasteiger partial charge in [0.2, 0.25) is 5.91 Å². The summed E-state index contributed by atoms with van der Waals surface area (Å²) >= 11 is 0. The van der Waals surface area contributed by atoms with Crippen LogP contribution in [-0.4, -0.2) is 16.9 Å². The number of nitrogens with one attached hydrogen (secondary N) is 1. The van der Waals surface area contributed by atoms with Gasteiger partial charge in [0.1, 0.15) is 11.5 Å². The van der Waals surface area contributed by atoms with Crippen molar-refractivity contribution in [3.63, 3.8) is 0 Å². The van der Waals surface area contributed by atoms with Gasteiger partial charge >= 0.3 is 0 Å². The van der Waals surface area contributed by atoms with Crippen molar-refractivity contribution in [2.75, 3.05) is 5.32 Å². The highest BCUT2D eigenvalue weighted by Gasteiger charge is 2.49. The average molecular weight is 323 g/mol. The smallest absolute Gasteiger partial charge is 0.229 e. The Kier molecular flexibility index (Phi) is 3.94. The van der Waals surface area contributed by atoms with Crippen LogP contribution in [0.15, 0.2) is 48.8 Å². The Balaban J connectivity index is 1.39. The highest BCUT2D eigenvalue weighted by atomic mass is 16.5. The van der Waals surface area contributed by atoms with Crippen molar-refractivity contribution >= 4 is 11.6 Å². The summed E-state index contributed by atoms with van der Waals surface area (Å²) in [6.07, 6.45) is 6.79. The van der Waals surface area contributed by atoms with Gasteiger partial charge in [0.15, 0.2) is 0 Å². The van der Waals surface area contributed by atoms with Gasteiger partial charge in [-0.3, -0.25) is 9.78 Å². The predicted octanol–water partition coefficient (Wildman–Crippen LogP) is 3.19. The van der Waals surface area contributed by atoms with Crippen molar-refractivity contribution in [1.29, 1.82) is 0 Å². The molecule has 24 heavy (non-hydrogen) atoms. The molecule has 0 saturated heterocycles. The molecule has 0 spiro atoms. The van der Waals surface area contributed by atoms with E-state index in [2.05, 4.69) is 10.3 Å². The van der Waals surface area contributed by atoms with E-state index in [9.17, 15) is 4.79 Å². The van der Waals surface area contributed by atoms with Crippen LogP contribution < -0.4 is 15.8 Å². The second-order valence-corrected chi connectivity index (χ2v) is 6.73. The van der Waals surface area contributed by atoms with Gasteiger partial charge in [-0.1, -0.05) is 0 Å². The Labute approximate surface area is 141 Å². The molecule has 5 nitrogen and oxygen atoms in total. The fourth-order valence-electron chi connectivity index (χ4n) is 4.10. The molecule has 2 aliphatic carbocycles. The minimum atomic E-state index is -0.0449. The fraction of sp³-hybridized carbons (Fsp3) is 0.368. The third-order valence-electron chi connectivity index (χ3n) is 5.29. The minimum absolute atomic E-state index is 0.0121. The molecule has 1 amide bonds. The van der Waals surface area contributed by atoms with Gasteiger partial charge in [-0.15, -0.1) is 0 Å². The van der Waals surface area contributed by atoms with E-state index >= 15 is 0 Å². The molecular weight excluding hydrogens is 302 g/mol. The fourth-order valence-corrected chi connectivity index (χ4v) is 4.10. The number of carbonyl (C=O) groups is 1. The molecule has 4 atom stereocenters. The summed E-state index contributed by atoms with van der Waals surface area (Å²) in [7, 11) is 0. The first-order valence-electron chi connectivity index (χ1n) is 8.45. The molecule has 5 heteroatoms. The standard InChI is InChI=1S/C19H21N3O2/c20-18-13-2-1-12(11-13)17(18)19(23)22-14-3-5-15(6-4-14)24-16-7-9-21-10-8-16/h3-10,12-13,17-18H,1-2,11,20H2,(H,22,23). The summed E-state index contributed by atoms with van der Waals surface area (Å²) in [5, 5.41) is 3.01. The zero-order valence-electron chi connectivity index (χ0n) is 13.4. The predicted molar refractivity (Wildman–Crippen MR) is 91.7 cm³/mol. The van der Waals surface area contributed by atoms with E-state index in [0.29, 0.717) is 11.8 Å². The monoisotopic (exact) mass is 323 g/mol. The Morgan fingerprint density at radius 2 is 1.71 bits per heavy atom. The van der Waals surface area contributed by atoms with Crippen LogP contribution in [0.5, 0.6) is 11.5 Å². The lowest BCUT2D eigenvalue weighted by Crippen LogP contribution is -2.42. The van der Waals surface area contributed by atoms with E-state index in [1.165, 1.54) is 6.42 Å². The van der Waals surface area contributed by atoms with Gasteiger partial charge in [-0.25, -0.2) is 0 Å². The maximum absolute atomic E-state index is 12.6. The van der Waals surface area contributed by atoms with Crippen LogP contribution in [0.1, 0.15) is 19.3 Å². The molecule has 4 unspecified atom stereocenters. The van der Waals surface area contributed by atoms with Crippen LogP contribution in [0.4, 0.5) is 5.69 Å². The van der Waals surface area contributed by atoms with Crippen LogP contribution in [-0.2, 0) is 4.79 Å². The van der Waals surface area contributed by atoms with Gasteiger partial charge < -0.3 is 15.8 Å². The lowest BCUT2D eigenvalue weighted by Gasteiger charge is -2.27. The maximum atomic E-state index is 12.6. The van der Waals surface area contributed by atoms with Crippen molar-refractivity contribution in [1.82, 2.24) is 4.98 Å². The zero-order valence-corrected chi connectivity index (χ0v) is 13.4. The van der Waals surface area contributed by atoms with Crippen LogP contribution in [0.3, 0.4) is 0 Å². The Morgan fingerprint density at radius 3 is 2.38 bits per heavy atom. The lowest BCUT2D eigenvalue weighted by atomic mass is 9.84. The first kappa shape index (κ1) is 15.1. The first-order chi connectivity index (χ1) is 11.7. The summed E-state index contributed by atoms with van der Waals surface area (Å²) in [5.41, 5.74) is 7.02. The number of anilines is 1. The molecule has 1 heterocycles. The van der Waals surface area contributed by atoms with E-state index in [1.807, 2.05) is 24.3 Å². The minimum Gasteiger partial charge on any atom is -0.457 e. The molecule has 4 rings (SSSR count). The molecule has 2 aliphatic rings. The third-order valence-corrected chi connectivity index (χ3v) is 5.29. The Bertz CT molecular complexity index is 715. The summed E-state index contributed by atoms with van der Waals surface area (Å²) in [5.74, 6) is 2.45. The number of carbonyl (C=O) groups excluding carboxylic acids is 1. The highest BCUT2D eigenvalue weighted by Crippen LogP contribution is 2.47. The number of pyridine rings is 1. The highest BCUT2D eigenvalue weighted by molar-refractivity contribution is 5.93. The number of benzene rings is 1. The number of nitrogens with two attached hydrogens (primary N) is 1. The van der Waals surface area contributed by atoms with Gasteiger partial charge in [-0.05, 0) is 67.5 Å². The van der Waals surface area contributed by atoms with Crippen molar-refractivity contribution in [3.05, 3.63) is 48.8 Å². The van der Waals surface area contributed by atoms with Crippen LogP contribution >= 0.6 is 0 Å². The normalized spacial score (nSPS) is 27.9. The SMILES string of the molecule is NC1C2CCC(C2)C1C(=O)Nc1ccc(Oc2ccncc2)cc1. The number of hydrogen-bond donors (Lipinski definition) is 2. The Morgan fingerprint density at radius 1 is 1.04 bits per heavy atom. The van der Waals surface area contributed by atoms with Crippen LogP contribution in [0, 0.1) is 17.8 Å². The molecule has 0 aliphatic heterocycles. The zero-order chi connectivity index (χ0) is 16.5. The summed E-state index contributed by atoms with van der Waals surface area (Å²) in [6, 6.07) is 11.0. The first-order valence-corrected chi connectivity index (χ1v) is 8.45. The summed E-state index contributed by atoms with van der Waals surface area (Å²) in [4.78, 5) is 16.5. The second-order valence-electron chi connectivity index (χ2n) is 6.73. The van der Waals surface area contributed by atoms with Crippen molar-refractivity contribution in [2.24, 2.45) is 23.5 Å². The number of hydrogen-bond acceptors (Lipinski definition) is 4. The molecule has 1 aromatic carbocycles. The molecule has 2 aromatic rings. The van der Waals surface area contributed by atoms with E-state index in [1.54, 1.807) is 24.5 Å². The summed E-state index contributed by atoms with van der Waals surface area (Å²) in [6.45, 7) is 0. The number of ether oxygens (including phenoxy) is 1. The van der Waals surface area contributed by atoms with Gasteiger partial charge in [-0.2, -0.15) is 0 Å².